The molecule has 0 unspecified atom stereocenters. The van der Waals surface area contributed by atoms with E-state index in [1.54, 1.807) is 0 Å². The molecule has 15 heavy (non-hydrogen) atoms. The second-order valence-electron chi connectivity index (χ2n) is 3.61. The van der Waals surface area contributed by atoms with Gasteiger partial charge in [-0.05, 0) is 37.5 Å². The van der Waals surface area contributed by atoms with Crippen molar-refractivity contribution >= 4 is 0 Å². The van der Waals surface area contributed by atoms with E-state index >= 15 is 0 Å². The van der Waals surface area contributed by atoms with Crippen LogP contribution in [0.25, 0.3) is 0 Å². The van der Waals surface area contributed by atoms with Gasteiger partial charge in [-0.2, -0.15) is 0 Å². The van der Waals surface area contributed by atoms with Gasteiger partial charge in [0.25, 0.3) is 0 Å². The smallest absolute Gasteiger partial charge is 0.121 e. The number of hydrogen-bond acceptors (Lipinski definition) is 2. The van der Waals surface area contributed by atoms with Crippen molar-refractivity contribution in [2.75, 3.05) is 6.54 Å². The molecule has 0 atom stereocenters. The maximum atomic E-state index is 9.60. The molecule has 0 amide bonds. The van der Waals surface area contributed by atoms with E-state index in [-0.39, 0.29) is 0 Å². The molecule has 0 aliphatic rings. The first-order valence-corrected chi connectivity index (χ1v) is 5.04. The number of benzene rings is 1. The predicted molar refractivity (Wildman–Crippen MR) is 62.7 cm³/mol. The molecule has 2 heteroatoms. The van der Waals surface area contributed by atoms with Gasteiger partial charge in [0.1, 0.15) is 5.75 Å². The molecule has 1 aromatic carbocycles. The van der Waals surface area contributed by atoms with Gasteiger partial charge in [-0.3, -0.25) is 0 Å². The lowest BCUT2D eigenvalue weighted by molar-refractivity contribution is 0.466. The van der Waals surface area contributed by atoms with Gasteiger partial charge in [0.2, 0.25) is 0 Å². The van der Waals surface area contributed by atoms with E-state index in [2.05, 4.69) is 17.2 Å². The Bertz CT molecular complexity index is 376. The zero-order chi connectivity index (χ0) is 11.3. The van der Waals surface area contributed by atoms with E-state index in [9.17, 15) is 5.11 Å². The van der Waals surface area contributed by atoms with Crippen molar-refractivity contribution in [1.82, 2.24) is 5.32 Å². The number of rotatable bonds is 3. The van der Waals surface area contributed by atoms with Crippen LogP contribution in [0.15, 0.2) is 12.1 Å². The summed E-state index contributed by atoms with van der Waals surface area (Å²) in [7, 11) is 0. The molecule has 0 bridgehead atoms. The summed E-state index contributed by atoms with van der Waals surface area (Å²) >= 11 is 0. The fourth-order valence-electron chi connectivity index (χ4n) is 1.51. The Balaban J connectivity index is 2.65. The molecule has 80 valence electrons. The average molecular weight is 203 g/mol. The summed E-state index contributed by atoms with van der Waals surface area (Å²) in [6, 6.07) is 3.99. The minimum absolute atomic E-state index is 0.395. The quantitative estimate of drug-likeness (QED) is 0.582. The molecule has 0 fully saturated rings. The first-order chi connectivity index (χ1) is 7.15. The van der Waals surface area contributed by atoms with E-state index in [0.29, 0.717) is 12.3 Å². The minimum atomic E-state index is 0.395. The third-order valence-corrected chi connectivity index (χ3v) is 2.27. The van der Waals surface area contributed by atoms with Gasteiger partial charge in [0.15, 0.2) is 0 Å². The van der Waals surface area contributed by atoms with Gasteiger partial charge in [-0.25, -0.2) is 0 Å². The maximum Gasteiger partial charge on any atom is 0.121 e. The molecule has 0 saturated heterocycles. The third-order valence-electron chi connectivity index (χ3n) is 2.27. The fourth-order valence-corrected chi connectivity index (χ4v) is 1.51. The molecule has 0 saturated carbocycles. The van der Waals surface area contributed by atoms with Crippen molar-refractivity contribution in [2.24, 2.45) is 0 Å². The number of aryl methyl sites for hydroxylation is 2. The van der Waals surface area contributed by atoms with Crippen molar-refractivity contribution in [2.45, 2.75) is 27.3 Å². The van der Waals surface area contributed by atoms with Crippen LogP contribution in [0.5, 0.6) is 5.75 Å². The number of hydrogen-bond donors (Lipinski definition) is 2. The Labute approximate surface area is 91.3 Å². The molecule has 2 nitrogen and oxygen atoms in total. The molecule has 1 aromatic rings. The molecule has 0 heterocycles. The highest BCUT2D eigenvalue weighted by Crippen LogP contribution is 2.22. The summed E-state index contributed by atoms with van der Waals surface area (Å²) in [5.41, 5.74) is 3.03. The predicted octanol–water partition coefficient (Wildman–Crippen LogP) is 2.12. The Hall–Kier alpha value is -1.46. The lowest BCUT2D eigenvalue weighted by Crippen LogP contribution is -2.13. The number of aromatic hydroxyl groups is 1. The summed E-state index contributed by atoms with van der Waals surface area (Å²) < 4.78 is 0. The summed E-state index contributed by atoms with van der Waals surface area (Å²) in [5, 5.41) is 12.8. The molecule has 0 aromatic heterocycles. The van der Waals surface area contributed by atoms with E-state index in [0.717, 1.165) is 17.7 Å². The van der Waals surface area contributed by atoms with E-state index in [1.807, 2.05) is 32.9 Å². The van der Waals surface area contributed by atoms with E-state index in [4.69, 9.17) is 0 Å². The topological polar surface area (TPSA) is 32.3 Å². The number of phenolic OH excluding ortho intramolecular Hbond substituents is 1. The summed E-state index contributed by atoms with van der Waals surface area (Å²) in [4.78, 5) is 0. The van der Waals surface area contributed by atoms with Gasteiger partial charge in [0.05, 0.1) is 6.54 Å². The molecular formula is C13H17NO. The fraction of sp³-hybridized carbons (Fsp3) is 0.385. The summed E-state index contributed by atoms with van der Waals surface area (Å²) in [6.07, 6.45) is 0. The second-order valence-corrected chi connectivity index (χ2v) is 3.61. The van der Waals surface area contributed by atoms with Crippen molar-refractivity contribution in [3.63, 3.8) is 0 Å². The van der Waals surface area contributed by atoms with Crippen LogP contribution in [0, 0.1) is 25.7 Å². The first-order valence-electron chi connectivity index (χ1n) is 5.04. The zero-order valence-corrected chi connectivity index (χ0v) is 9.52. The Morgan fingerprint density at radius 3 is 2.40 bits per heavy atom. The first kappa shape index (κ1) is 11.6. The van der Waals surface area contributed by atoms with Crippen molar-refractivity contribution in [1.29, 1.82) is 0 Å². The monoisotopic (exact) mass is 203 g/mol. The van der Waals surface area contributed by atoms with E-state index < -0.39 is 0 Å². The van der Waals surface area contributed by atoms with Crippen LogP contribution in [0.1, 0.15) is 23.6 Å². The van der Waals surface area contributed by atoms with Crippen LogP contribution in [0.3, 0.4) is 0 Å². The largest absolute Gasteiger partial charge is 0.507 e. The van der Waals surface area contributed by atoms with Gasteiger partial charge in [-0.15, -0.1) is 5.92 Å². The van der Waals surface area contributed by atoms with Gasteiger partial charge in [0, 0.05) is 6.54 Å². The minimum Gasteiger partial charge on any atom is -0.507 e. The standard InChI is InChI=1S/C13H17NO/c1-4-5-6-14-9-12-7-10(2)13(15)11(3)8-12/h7-8,14-15H,6,9H2,1-3H3. The van der Waals surface area contributed by atoms with Crippen molar-refractivity contribution in [3.8, 4) is 17.6 Å². The normalized spacial score (nSPS) is 9.53. The van der Waals surface area contributed by atoms with Gasteiger partial charge < -0.3 is 10.4 Å². The van der Waals surface area contributed by atoms with Crippen LogP contribution in [0.2, 0.25) is 0 Å². The lowest BCUT2D eigenvalue weighted by Gasteiger charge is -2.07. The Morgan fingerprint density at radius 2 is 1.87 bits per heavy atom. The second kappa shape index (κ2) is 5.43. The molecule has 1 rings (SSSR count). The van der Waals surface area contributed by atoms with Gasteiger partial charge >= 0.3 is 0 Å². The average Bonchev–Trinajstić information content (AvgIpc) is 2.21. The summed E-state index contributed by atoms with van der Waals surface area (Å²) in [5.74, 6) is 6.18. The SMILES string of the molecule is CC#CCNCc1cc(C)c(O)c(C)c1. The maximum absolute atomic E-state index is 9.60. The van der Waals surface area contributed by atoms with Crippen molar-refractivity contribution in [3.05, 3.63) is 28.8 Å². The molecule has 0 radical (unpaired) electrons. The van der Waals surface area contributed by atoms with Gasteiger partial charge in [-0.1, -0.05) is 18.1 Å². The lowest BCUT2D eigenvalue weighted by atomic mass is 10.1. The van der Waals surface area contributed by atoms with Crippen molar-refractivity contribution < 1.29 is 5.11 Å². The van der Waals surface area contributed by atoms with Crippen LogP contribution in [-0.2, 0) is 6.54 Å². The number of phenols is 1. The highest BCUT2D eigenvalue weighted by Gasteiger charge is 2.02. The molecular weight excluding hydrogens is 186 g/mol. The molecule has 0 spiro atoms. The molecule has 2 N–H and O–H groups in total. The third kappa shape index (κ3) is 3.30. The Morgan fingerprint density at radius 1 is 1.27 bits per heavy atom. The molecule has 0 aliphatic carbocycles. The highest BCUT2D eigenvalue weighted by atomic mass is 16.3. The van der Waals surface area contributed by atoms with Crippen LogP contribution in [-0.4, -0.2) is 11.7 Å². The zero-order valence-electron chi connectivity index (χ0n) is 9.52. The van der Waals surface area contributed by atoms with Crippen LogP contribution < -0.4 is 5.32 Å². The highest BCUT2D eigenvalue weighted by molar-refractivity contribution is 5.42. The Kier molecular flexibility index (Phi) is 4.20. The van der Waals surface area contributed by atoms with Crippen LogP contribution >= 0.6 is 0 Å². The van der Waals surface area contributed by atoms with Crippen LogP contribution in [0.4, 0.5) is 0 Å². The number of nitrogens with one attached hydrogen (secondary N) is 1. The summed E-state index contributed by atoms with van der Waals surface area (Å²) in [6.45, 7) is 7.15. The van der Waals surface area contributed by atoms with E-state index in [1.165, 1.54) is 5.56 Å². The molecule has 0 aliphatic heterocycles.